The summed E-state index contributed by atoms with van der Waals surface area (Å²) in [5.74, 6) is 1.14. The first kappa shape index (κ1) is 13.4. The Hall–Kier alpha value is -3.22. The lowest BCUT2D eigenvalue weighted by atomic mass is 10.1. The van der Waals surface area contributed by atoms with Gasteiger partial charge in [-0.15, -0.1) is 5.10 Å². The molecule has 0 saturated carbocycles. The Labute approximate surface area is 131 Å². The van der Waals surface area contributed by atoms with Gasteiger partial charge in [0.15, 0.2) is 5.82 Å². The number of ether oxygens (including phenoxy) is 1. The van der Waals surface area contributed by atoms with Crippen LogP contribution in [-0.4, -0.2) is 33.2 Å². The minimum absolute atomic E-state index is 0.172. The Morgan fingerprint density at radius 2 is 1.91 bits per heavy atom. The van der Waals surface area contributed by atoms with Gasteiger partial charge in [0.1, 0.15) is 11.8 Å². The first-order valence-electron chi connectivity index (χ1n) is 7.10. The second-order valence-electron chi connectivity index (χ2n) is 5.15. The van der Waals surface area contributed by atoms with E-state index in [1.54, 1.807) is 17.9 Å². The second kappa shape index (κ2) is 5.20. The van der Waals surface area contributed by atoms with Crippen LogP contribution in [0, 0.1) is 0 Å². The topological polar surface area (TPSA) is 81.9 Å². The molecule has 23 heavy (non-hydrogen) atoms. The van der Waals surface area contributed by atoms with Crippen LogP contribution in [0.2, 0.25) is 0 Å². The molecule has 4 rings (SSSR count). The van der Waals surface area contributed by atoms with Crippen LogP contribution in [0.1, 0.15) is 27.8 Å². The monoisotopic (exact) mass is 307 g/mol. The molecule has 1 aromatic heterocycles. The van der Waals surface area contributed by atoms with E-state index in [-0.39, 0.29) is 5.91 Å². The van der Waals surface area contributed by atoms with Crippen LogP contribution >= 0.6 is 0 Å². The molecular weight excluding hydrogens is 294 g/mol. The Kier molecular flexibility index (Phi) is 3.04. The van der Waals surface area contributed by atoms with Crippen molar-refractivity contribution < 1.29 is 9.53 Å². The lowest BCUT2D eigenvalue weighted by molar-refractivity contribution is 0.0944. The lowest BCUT2D eigenvalue weighted by Gasteiger charge is -2.15. The Balaban J connectivity index is 1.86. The molecule has 0 bridgehead atoms. The van der Waals surface area contributed by atoms with Crippen molar-refractivity contribution >= 4 is 5.91 Å². The van der Waals surface area contributed by atoms with Gasteiger partial charge >= 0.3 is 0 Å². The van der Waals surface area contributed by atoms with Gasteiger partial charge in [0.05, 0.1) is 18.4 Å². The lowest BCUT2D eigenvalue weighted by Crippen LogP contribution is -2.28. The van der Waals surface area contributed by atoms with Gasteiger partial charge in [0.25, 0.3) is 5.91 Å². The van der Waals surface area contributed by atoms with E-state index in [1.165, 1.54) is 0 Å². The number of aromatic nitrogens is 4. The van der Waals surface area contributed by atoms with Crippen molar-refractivity contribution in [3.8, 4) is 11.4 Å². The van der Waals surface area contributed by atoms with Crippen LogP contribution in [0.4, 0.5) is 0 Å². The predicted octanol–water partition coefficient (Wildman–Crippen LogP) is 1.50. The summed E-state index contributed by atoms with van der Waals surface area (Å²) >= 11 is 0. The van der Waals surface area contributed by atoms with Crippen molar-refractivity contribution in [2.24, 2.45) is 0 Å². The number of rotatable bonds is 2. The third kappa shape index (κ3) is 2.13. The van der Waals surface area contributed by atoms with Gasteiger partial charge < -0.3 is 10.1 Å². The fourth-order valence-corrected chi connectivity index (χ4v) is 2.70. The van der Waals surface area contributed by atoms with Crippen LogP contribution in [-0.2, 0) is 0 Å². The van der Waals surface area contributed by atoms with Crippen LogP contribution in [0.15, 0.2) is 48.5 Å². The molecule has 1 aliphatic heterocycles. The zero-order valence-corrected chi connectivity index (χ0v) is 12.3. The summed E-state index contributed by atoms with van der Waals surface area (Å²) in [6.45, 7) is 0. The summed E-state index contributed by atoms with van der Waals surface area (Å²) < 4.78 is 6.77. The molecule has 0 radical (unpaired) electrons. The summed E-state index contributed by atoms with van der Waals surface area (Å²) in [5.41, 5.74) is 2.08. The molecule has 2 aromatic carbocycles. The van der Waals surface area contributed by atoms with Crippen LogP contribution in [0.3, 0.4) is 0 Å². The van der Waals surface area contributed by atoms with E-state index in [1.807, 2.05) is 42.5 Å². The molecule has 0 fully saturated rings. The van der Waals surface area contributed by atoms with Crippen molar-refractivity contribution in [1.29, 1.82) is 0 Å². The summed E-state index contributed by atoms with van der Waals surface area (Å²) in [7, 11) is 1.61. The summed E-state index contributed by atoms with van der Waals surface area (Å²) in [6, 6.07) is 14.3. The average Bonchev–Trinajstić information content (AvgIpc) is 3.05. The maximum absolute atomic E-state index is 12.6. The number of hydrogen-bond acceptors (Lipinski definition) is 5. The number of fused-ring (bicyclic) bond motifs is 3. The fraction of sp³-hybridized carbons (Fsp3) is 0.125. The van der Waals surface area contributed by atoms with Crippen molar-refractivity contribution in [2.45, 2.75) is 6.04 Å². The molecule has 114 valence electrons. The molecule has 7 nitrogen and oxygen atoms in total. The highest BCUT2D eigenvalue weighted by Crippen LogP contribution is 2.28. The molecule has 0 spiro atoms. The largest absolute Gasteiger partial charge is 0.497 e. The number of hydrogen-bond donors (Lipinski definition) is 1. The maximum Gasteiger partial charge on any atom is 0.254 e. The first-order chi connectivity index (χ1) is 11.3. The van der Waals surface area contributed by atoms with E-state index < -0.39 is 6.04 Å². The van der Waals surface area contributed by atoms with Crippen LogP contribution < -0.4 is 10.1 Å². The van der Waals surface area contributed by atoms with Crippen LogP contribution in [0.5, 0.6) is 5.75 Å². The predicted molar refractivity (Wildman–Crippen MR) is 81.5 cm³/mol. The standard InChI is InChI=1S/C16H13N5O2/c1-23-11-8-6-10(7-9-11)14-15-18-19-20-21(15)13-5-3-2-4-12(13)16(22)17-14/h2-9,14H,1H3,(H,17,22)/t14-/m0/s1. The number of methoxy groups -OCH3 is 1. The number of carbonyl (C=O) groups excluding carboxylic acids is 1. The van der Waals surface area contributed by atoms with Gasteiger partial charge in [-0.05, 0) is 40.3 Å². The van der Waals surface area contributed by atoms with Gasteiger partial charge in [0.2, 0.25) is 0 Å². The highest BCUT2D eigenvalue weighted by atomic mass is 16.5. The Bertz CT molecular complexity index is 872. The molecule has 1 amide bonds. The quantitative estimate of drug-likeness (QED) is 0.776. The molecule has 0 unspecified atom stereocenters. The highest BCUT2D eigenvalue weighted by molar-refractivity contribution is 5.98. The number of carbonyl (C=O) groups is 1. The third-order valence-corrected chi connectivity index (χ3v) is 3.85. The third-order valence-electron chi connectivity index (χ3n) is 3.85. The molecule has 3 aromatic rings. The van der Waals surface area contributed by atoms with E-state index in [2.05, 4.69) is 20.8 Å². The number of para-hydroxylation sites is 1. The highest BCUT2D eigenvalue weighted by Gasteiger charge is 2.30. The smallest absolute Gasteiger partial charge is 0.254 e. The maximum atomic E-state index is 12.6. The number of benzene rings is 2. The Morgan fingerprint density at radius 1 is 1.13 bits per heavy atom. The average molecular weight is 307 g/mol. The van der Waals surface area contributed by atoms with E-state index in [0.29, 0.717) is 17.1 Å². The summed E-state index contributed by atoms with van der Waals surface area (Å²) in [6.07, 6.45) is 0. The van der Waals surface area contributed by atoms with Crippen molar-refractivity contribution in [3.05, 3.63) is 65.5 Å². The number of tetrazole rings is 1. The molecule has 0 aliphatic carbocycles. The van der Waals surface area contributed by atoms with Crippen LogP contribution in [0.25, 0.3) is 5.69 Å². The SMILES string of the molecule is COc1ccc([C@@H]2NC(=O)c3ccccc3-n3nnnc32)cc1. The van der Waals surface area contributed by atoms with Crippen molar-refractivity contribution in [1.82, 2.24) is 25.5 Å². The van der Waals surface area contributed by atoms with E-state index in [0.717, 1.165) is 11.3 Å². The molecule has 1 atom stereocenters. The normalized spacial score (nSPS) is 16.0. The number of nitrogens with zero attached hydrogens (tertiary/aromatic N) is 4. The molecule has 7 heteroatoms. The van der Waals surface area contributed by atoms with E-state index in [9.17, 15) is 4.79 Å². The number of nitrogens with one attached hydrogen (secondary N) is 1. The first-order valence-corrected chi connectivity index (χ1v) is 7.10. The molecule has 1 aliphatic rings. The molecule has 1 N–H and O–H groups in total. The molecule has 0 saturated heterocycles. The van der Waals surface area contributed by atoms with Crippen molar-refractivity contribution in [3.63, 3.8) is 0 Å². The number of amides is 1. The minimum atomic E-state index is -0.434. The molecule has 2 heterocycles. The van der Waals surface area contributed by atoms with Gasteiger partial charge in [-0.3, -0.25) is 4.79 Å². The zero-order chi connectivity index (χ0) is 15.8. The van der Waals surface area contributed by atoms with E-state index >= 15 is 0 Å². The fourth-order valence-electron chi connectivity index (χ4n) is 2.70. The van der Waals surface area contributed by atoms with Gasteiger partial charge in [0, 0.05) is 0 Å². The Morgan fingerprint density at radius 3 is 2.70 bits per heavy atom. The van der Waals surface area contributed by atoms with Gasteiger partial charge in [-0.1, -0.05) is 24.3 Å². The van der Waals surface area contributed by atoms with Gasteiger partial charge in [-0.25, -0.2) is 0 Å². The zero-order valence-electron chi connectivity index (χ0n) is 12.3. The molecular formula is C16H13N5O2. The van der Waals surface area contributed by atoms with Gasteiger partial charge in [-0.2, -0.15) is 4.68 Å². The minimum Gasteiger partial charge on any atom is -0.497 e. The van der Waals surface area contributed by atoms with E-state index in [4.69, 9.17) is 4.74 Å². The van der Waals surface area contributed by atoms with Crippen molar-refractivity contribution in [2.75, 3.05) is 7.11 Å². The second-order valence-corrected chi connectivity index (χ2v) is 5.15. The summed E-state index contributed by atoms with van der Waals surface area (Å²) in [4.78, 5) is 12.6. The summed E-state index contributed by atoms with van der Waals surface area (Å²) in [5, 5.41) is 14.9.